The lowest BCUT2D eigenvalue weighted by Crippen LogP contribution is -2.27. The van der Waals surface area contributed by atoms with Crippen LogP contribution in [0.25, 0.3) is 0 Å². The van der Waals surface area contributed by atoms with Crippen molar-refractivity contribution in [1.82, 2.24) is 4.90 Å². The van der Waals surface area contributed by atoms with Crippen molar-refractivity contribution in [3.8, 4) is 0 Å². The highest BCUT2D eigenvalue weighted by Crippen LogP contribution is 2.33. The first-order valence-electron chi connectivity index (χ1n) is 7.46. The van der Waals surface area contributed by atoms with E-state index in [2.05, 4.69) is 5.32 Å². The number of carbonyl (C=O) groups excluding carboxylic acids is 1. The van der Waals surface area contributed by atoms with E-state index >= 15 is 0 Å². The lowest BCUT2D eigenvalue weighted by Gasteiger charge is -2.17. The summed E-state index contributed by atoms with van der Waals surface area (Å²) in [5, 5.41) is 4.06. The highest BCUT2D eigenvalue weighted by atomic mass is 35.5. The number of nitrogens with zero attached hydrogens (tertiary/aromatic N) is 1. The third-order valence-electron chi connectivity index (χ3n) is 3.91. The van der Waals surface area contributed by atoms with E-state index < -0.39 is 0 Å². The molecule has 3 N–H and O–H groups in total. The first-order chi connectivity index (χ1) is 11.1. The topological polar surface area (TPSA) is 58.4 Å². The van der Waals surface area contributed by atoms with E-state index in [9.17, 15) is 4.79 Å². The highest BCUT2D eigenvalue weighted by molar-refractivity contribution is 6.43. The van der Waals surface area contributed by atoms with Crippen LogP contribution < -0.4 is 11.1 Å². The lowest BCUT2D eigenvalue weighted by molar-refractivity contribution is 0.0793. The molecule has 23 heavy (non-hydrogen) atoms. The van der Waals surface area contributed by atoms with Crippen LogP contribution in [0.2, 0.25) is 10.0 Å². The number of amides is 1. The van der Waals surface area contributed by atoms with Crippen LogP contribution in [0.5, 0.6) is 0 Å². The molecule has 3 rings (SSSR count). The molecule has 0 bridgehead atoms. The van der Waals surface area contributed by atoms with Crippen molar-refractivity contribution in [3.63, 3.8) is 0 Å². The number of halogens is 2. The maximum atomic E-state index is 12.4. The highest BCUT2D eigenvalue weighted by Gasteiger charge is 2.20. The largest absolute Gasteiger partial charge is 0.397 e. The molecule has 1 aliphatic heterocycles. The SMILES string of the molecule is Nc1cc(C(=O)N2CCCC2)ccc1Nc1cccc(Cl)c1Cl. The van der Waals surface area contributed by atoms with Crippen molar-refractivity contribution in [2.75, 3.05) is 24.1 Å². The Bertz CT molecular complexity index is 743. The number of nitrogens with two attached hydrogens (primary N) is 1. The molecular weight excluding hydrogens is 333 g/mol. The van der Waals surface area contributed by atoms with Gasteiger partial charge in [0.05, 0.1) is 27.1 Å². The second-order valence-corrected chi connectivity index (χ2v) is 6.31. The Morgan fingerprint density at radius 2 is 1.83 bits per heavy atom. The van der Waals surface area contributed by atoms with Crippen LogP contribution in [-0.2, 0) is 0 Å². The van der Waals surface area contributed by atoms with Crippen molar-refractivity contribution >= 4 is 46.2 Å². The molecule has 0 aromatic heterocycles. The van der Waals surface area contributed by atoms with Gasteiger partial charge in [-0.2, -0.15) is 0 Å². The van der Waals surface area contributed by atoms with Crippen LogP contribution >= 0.6 is 23.2 Å². The van der Waals surface area contributed by atoms with Gasteiger partial charge in [-0.05, 0) is 43.2 Å². The number of carbonyl (C=O) groups is 1. The van der Waals surface area contributed by atoms with Crippen LogP contribution in [0.3, 0.4) is 0 Å². The number of likely N-dealkylation sites (tertiary alicyclic amines) is 1. The molecule has 1 heterocycles. The summed E-state index contributed by atoms with van der Waals surface area (Å²) in [5.74, 6) is 0.0292. The van der Waals surface area contributed by atoms with Gasteiger partial charge in [0.2, 0.25) is 0 Å². The molecule has 4 nitrogen and oxygen atoms in total. The Kier molecular flexibility index (Phi) is 4.64. The Balaban J connectivity index is 1.82. The molecule has 2 aromatic rings. The van der Waals surface area contributed by atoms with Crippen molar-refractivity contribution in [3.05, 3.63) is 52.0 Å². The summed E-state index contributed by atoms with van der Waals surface area (Å²) >= 11 is 12.2. The van der Waals surface area contributed by atoms with Crippen LogP contribution in [0.4, 0.5) is 17.1 Å². The van der Waals surface area contributed by atoms with Crippen LogP contribution in [0, 0.1) is 0 Å². The molecule has 0 radical (unpaired) electrons. The molecule has 1 aliphatic rings. The quantitative estimate of drug-likeness (QED) is 0.798. The Morgan fingerprint density at radius 3 is 2.52 bits per heavy atom. The van der Waals surface area contributed by atoms with Gasteiger partial charge in [-0.1, -0.05) is 29.3 Å². The van der Waals surface area contributed by atoms with Gasteiger partial charge in [0.25, 0.3) is 5.91 Å². The van der Waals surface area contributed by atoms with Gasteiger partial charge >= 0.3 is 0 Å². The van der Waals surface area contributed by atoms with E-state index in [0.29, 0.717) is 32.7 Å². The average molecular weight is 350 g/mol. The monoisotopic (exact) mass is 349 g/mol. The van der Waals surface area contributed by atoms with Gasteiger partial charge in [0.1, 0.15) is 0 Å². The van der Waals surface area contributed by atoms with Crippen LogP contribution in [0.1, 0.15) is 23.2 Å². The van der Waals surface area contributed by atoms with E-state index in [4.69, 9.17) is 28.9 Å². The number of anilines is 3. The van der Waals surface area contributed by atoms with Gasteiger partial charge in [0, 0.05) is 18.7 Å². The summed E-state index contributed by atoms with van der Waals surface area (Å²) < 4.78 is 0. The molecule has 6 heteroatoms. The first-order valence-corrected chi connectivity index (χ1v) is 8.21. The molecule has 0 aliphatic carbocycles. The zero-order valence-electron chi connectivity index (χ0n) is 12.5. The van der Waals surface area contributed by atoms with Crippen molar-refractivity contribution in [2.24, 2.45) is 0 Å². The fourth-order valence-electron chi connectivity index (χ4n) is 2.66. The molecule has 1 fully saturated rings. The predicted molar refractivity (Wildman–Crippen MR) is 95.7 cm³/mol. The number of hydrogen-bond acceptors (Lipinski definition) is 3. The summed E-state index contributed by atoms with van der Waals surface area (Å²) in [7, 11) is 0. The molecule has 1 amide bonds. The maximum absolute atomic E-state index is 12.4. The second kappa shape index (κ2) is 6.69. The first kappa shape index (κ1) is 16.0. The zero-order chi connectivity index (χ0) is 16.4. The number of nitrogen functional groups attached to an aromatic ring is 1. The van der Waals surface area contributed by atoms with Crippen LogP contribution in [-0.4, -0.2) is 23.9 Å². The third-order valence-corrected chi connectivity index (χ3v) is 4.73. The Morgan fingerprint density at radius 1 is 1.09 bits per heavy atom. The Hall–Kier alpha value is -1.91. The van der Waals surface area contributed by atoms with Crippen LogP contribution in [0.15, 0.2) is 36.4 Å². The fraction of sp³-hybridized carbons (Fsp3) is 0.235. The second-order valence-electron chi connectivity index (χ2n) is 5.53. The fourth-order valence-corrected chi connectivity index (χ4v) is 3.01. The minimum absolute atomic E-state index is 0.0292. The van der Waals surface area contributed by atoms with Crippen molar-refractivity contribution < 1.29 is 4.79 Å². The van der Waals surface area contributed by atoms with E-state index in [-0.39, 0.29) is 5.91 Å². The molecule has 0 unspecified atom stereocenters. The number of hydrogen-bond donors (Lipinski definition) is 2. The van der Waals surface area contributed by atoms with Crippen molar-refractivity contribution in [2.45, 2.75) is 12.8 Å². The Labute approximate surface area is 145 Å². The van der Waals surface area contributed by atoms with E-state index in [1.165, 1.54) is 0 Å². The lowest BCUT2D eigenvalue weighted by atomic mass is 10.1. The number of benzene rings is 2. The molecule has 120 valence electrons. The number of nitrogens with one attached hydrogen (secondary N) is 1. The molecule has 2 aromatic carbocycles. The third kappa shape index (κ3) is 3.38. The minimum Gasteiger partial charge on any atom is -0.397 e. The standard InChI is InChI=1S/C17H17Cl2N3O/c18-12-4-3-5-15(16(12)19)21-14-7-6-11(10-13(14)20)17(23)22-8-1-2-9-22/h3-7,10,21H,1-2,8-9,20H2. The number of rotatable bonds is 3. The summed E-state index contributed by atoms with van der Waals surface area (Å²) in [6, 6.07) is 10.6. The molecule has 1 saturated heterocycles. The van der Waals surface area contributed by atoms with Gasteiger partial charge in [-0.15, -0.1) is 0 Å². The van der Waals surface area contributed by atoms with E-state index in [1.54, 1.807) is 30.3 Å². The normalized spacial score (nSPS) is 14.1. The van der Waals surface area contributed by atoms with E-state index in [0.717, 1.165) is 25.9 Å². The molecule has 0 saturated carbocycles. The summed E-state index contributed by atoms with van der Waals surface area (Å²) in [5.41, 5.74) is 8.54. The molecule has 0 atom stereocenters. The molecular formula is C17H17Cl2N3O. The van der Waals surface area contributed by atoms with Gasteiger partial charge in [0.15, 0.2) is 0 Å². The predicted octanol–water partition coefficient (Wildman–Crippen LogP) is 4.56. The zero-order valence-corrected chi connectivity index (χ0v) is 14.0. The minimum atomic E-state index is 0.0292. The maximum Gasteiger partial charge on any atom is 0.253 e. The average Bonchev–Trinajstić information content (AvgIpc) is 3.07. The summed E-state index contributed by atoms with van der Waals surface area (Å²) in [6.07, 6.45) is 2.13. The van der Waals surface area contributed by atoms with Gasteiger partial charge < -0.3 is 16.0 Å². The smallest absolute Gasteiger partial charge is 0.253 e. The van der Waals surface area contributed by atoms with Crippen molar-refractivity contribution in [1.29, 1.82) is 0 Å². The summed E-state index contributed by atoms with van der Waals surface area (Å²) in [6.45, 7) is 1.63. The van der Waals surface area contributed by atoms with E-state index in [1.807, 2.05) is 11.0 Å². The molecule has 0 spiro atoms. The summed E-state index contributed by atoms with van der Waals surface area (Å²) in [4.78, 5) is 14.2. The van der Waals surface area contributed by atoms with Gasteiger partial charge in [-0.3, -0.25) is 4.79 Å². The van der Waals surface area contributed by atoms with Gasteiger partial charge in [-0.25, -0.2) is 0 Å².